The highest BCUT2D eigenvalue weighted by Gasteiger charge is 2.20. The Kier molecular flexibility index (Phi) is 4.94. The zero-order valence-corrected chi connectivity index (χ0v) is 15.4. The van der Waals surface area contributed by atoms with Gasteiger partial charge in [0.05, 0.1) is 22.2 Å². The molecule has 3 aromatic rings. The third-order valence-electron chi connectivity index (χ3n) is 3.34. The average molecular weight is 397 g/mol. The summed E-state index contributed by atoms with van der Waals surface area (Å²) < 4.78 is 30.5. The molecule has 0 saturated heterocycles. The monoisotopic (exact) mass is 396 g/mol. The standard InChI is InChI=1S/C16H13ClN2O4S2/c1-23-11-4-7-13-14(8-11)24-16(18-13)19-15(20)9-25(21,22)12-5-2-10(17)3-6-12/h2-8H,9H2,1H3,(H,18,19,20). The van der Waals surface area contributed by atoms with Crippen molar-refractivity contribution in [2.24, 2.45) is 0 Å². The predicted molar refractivity (Wildman–Crippen MR) is 98.3 cm³/mol. The summed E-state index contributed by atoms with van der Waals surface area (Å²) in [5.41, 5.74) is 0.696. The second kappa shape index (κ2) is 6.99. The molecule has 1 heterocycles. The summed E-state index contributed by atoms with van der Waals surface area (Å²) in [6.45, 7) is 0. The Morgan fingerprint density at radius 3 is 2.64 bits per heavy atom. The first-order valence-electron chi connectivity index (χ1n) is 7.10. The van der Waals surface area contributed by atoms with E-state index in [2.05, 4.69) is 10.3 Å². The molecule has 6 nitrogen and oxygen atoms in total. The molecule has 0 spiro atoms. The molecule has 1 N–H and O–H groups in total. The van der Waals surface area contributed by atoms with E-state index in [-0.39, 0.29) is 4.90 Å². The van der Waals surface area contributed by atoms with E-state index in [0.29, 0.717) is 21.4 Å². The first-order chi connectivity index (χ1) is 11.9. The van der Waals surface area contributed by atoms with Crippen molar-refractivity contribution in [2.45, 2.75) is 4.90 Å². The number of fused-ring (bicyclic) bond motifs is 1. The van der Waals surface area contributed by atoms with E-state index in [9.17, 15) is 13.2 Å². The minimum absolute atomic E-state index is 0.0427. The molecule has 25 heavy (non-hydrogen) atoms. The maximum absolute atomic E-state index is 12.3. The van der Waals surface area contributed by atoms with Crippen LogP contribution in [0, 0.1) is 0 Å². The number of methoxy groups -OCH3 is 1. The maximum atomic E-state index is 12.3. The zero-order valence-electron chi connectivity index (χ0n) is 13.0. The summed E-state index contributed by atoms with van der Waals surface area (Å²) in [6.07, 6.45) is 0. The quantitative estimate of drug-likeness (QED) is 0.714. The molecule has 0 radical (unpaired) electrons. The molecule has 0 saturated carbocycles. The normalized spacial score (nSPS) is 11.4. The topological polar surface area (TPSA) is 85.4 Å². The van der Waals surface area contributed by atoms with Gasteiger partial charge in [0.25, 0.3) is 0 Å². The van der Waals surface area contributed by atoms with Gasteiger partial charge in [0.15, 0.2) is 15.0 Å². The highest BCUT2D eigenvalue weighted by molar-refractivity contribution is 7.92. The number of carbonyl (C=O) groups is 1. The van der Waals surface area contributed by atoms with Crippen molar-refractivity contribution in [1.82, 2.24) is 4.98 Å². The van der Waals surface area contributed by atoms with Crippen molar-refractivity contribution >= 4 is 54.0 Å². The SMILES string of the molecule is COc1ccc2nc(NC(=O)CS(=O)(=O)c3ccc(Cl)cc3)sc2c1. The molecule has 130 valence electrons. The number of carbonyl (C=O) groups excluding carboxylic acids is 1. The number of amides is 1. The van der Waals surface area contributed by atoms with E-state index < -0.39 is 21.5 Å². The third-order valence-corrected chi connectivity index (χ3v) is 6.15. The van der Waals surface area contributed by atoms with Crippen LogP contribution in [0.3, 0.4) is 0 Å². The number of rotatable bonds is 5. The lowest BCUT2D eigenvalue weighted by Gasteiger charge is -2.04. The Hall–Kier alpha value is -2.16. The molecular formula is C16H13ClN2O4S2. The highest BCUT2D eigenvalue weighted by Crippen LogP contribution is 2.29. The van der Waals surface area contributed by atoms with Crippen LogP contribution in [-0.2, 0) is 14.6 Å². The zero-order chi connectivity index (χ0) is 18.0. The fraction of sp³-hybridized carbons (Fsp3) is 0.125. The second-order valence-corrected chi connectivity index (χ2v) is 8.57. The van der Waals surface area contributed by atoms with Gasteiger partial charge in [-0.05, 0) is 42.5 Å². The molecule has 0 aliphatic heterocycles. The molecule has 1 aromatic heterocycles. The molecule has 0 bridgehead atoms. The summed E-state index contributed by atoms with van der Waals surface area (Å²) >= 11 is 6.99. The van der Waals surface area contributed by atoms with Gasteiger partial charge >= 0.3 is 0 Å². The summed E-state index contributed by atoms with van der Waals surface area (Å²) in [7, 11) is -2.19. The second-order valence-electron chi connectivity index (χ2n) is 5.11. The van der Waals surface area contributed by atoms with Crippen LogP contribution in [0.25, 0.3) is 10.2 Å². The molecular weight excluding hydrogens is 384 g/mol. The fourth-order valence-corrected chi connectivity index (χ4v) is 4.31. The van der Waals surface area contributed by atoms with Crippen LogP contribution in [0.2, 0.25) is 5.02 Å². The van der Waals surface area contributed by atoms with E-state index in [4.69, 9.17) is 16.3 Å². The Balaban J connectivity index is 1.74. The number of halogens is 1. The van der Waals surface area contributed by atoms with Gasteiger partial charge in [-0.3, -0.25) is 4.79 Å². The van der Waals surface area contributed by atoms with E-state index in [1.807, 2.05) is 0 Å². The fourth-order valence-electron chi connectivity index (χ4n) is 2.14. The predicted octanol–water partition coefficient (Wildman–Crippen LogP) is 3.37. The summed E-state index contributed by atoms with van der Waals surface area (Å²) in [4.78, 5) is 16.4. The van der Waals surface area contributed by atoms with Gasteiger partial charge in [-0.1, -0.05) is 22.9 Å². The summed E-state index contributed by atoms with van der Waals surface area (Å²) in [5.74, 6) is -0.645. The van der Waals surface area contributed by atoms with Crippen LogP contribution in [-0.4, -0.2) is 32.2 Å². The first kappa shape index (κ1) is 17.7. The first-order valence-corrected chi connectivity index (χ1v) is 9.95. The van der Waals surface area contributed by atoms with E-state index in [1.54, 1.807) is 25.3 Å². The Bertz CT molecular complexity index is 1030. The van der Waals surface area contributed by atoms with Gasteiger partial charge in [0, 0.05) is 5.02 Å². The summed E-state index contributed by atoms with van der Waals surface area (Å²) in [6, 6.07) is 11.0. The van der Waals surface area contributed by atoms with Crippen molar-refractivity contribution < 1.29 is 17.9 Å². The lowest BCUT2D eigenvalue weighted by Crippen LogP contribution is -2.22. The minimum Gasteiger partial charge on any atom is -0.497 e. The molecule has 0 aliphatic rings. The van der Waals surface area contributed by atoms with Crippen LogP contribution in [0.15, 0.2) is 47.4 Å². The molecule has 0 atom stereocenters. The molecule has 9 heteroatoms. The largest absolute Gasteiger partial charge is 0.497 e. The van der Waals surface area contributed by atoms with Crippen molar-refractivity contribution in [2.75, 3.05) is 18.2 Å². The number of sulfone groups is 1. The number of hydrogen-bond acceptors (Lipinski definition) is 6. The number of thiazole rings is 1. The molecule has 0 aliphatic carbocycles. The number of anilines is 1. The average Bonchev–Trinajstić information content (AvgIpc) is 2.95. The number of hydrogen-bond donors (Lipinski definition) is 1. The maximum Gasteiger partial charge on any atom is 0.241 e. The molecule has 3 rings (SSSR count). The van der Waals surface area contributed by atoms with Crippen LogP contribution in [0.5, 0.6) is 5.75 Å². The van der Waals surface area contributed by atoms with Crippen LogP contribution in [0.4, 0.5) is 5.13 Å². The van der Waals surface area contributed by atoms with Crippen molar-refractivity contribution in [1.29, 1.82) is 0 Å². The van der Waals surface area contributed by atoms with Crippen molar-refractivity contribution in [3.05, 3.63) is 47.5 Å². The van der Waals surface area contributed by atoms with E-state index in [1.165, 1.54) is 35.6 Å². The van der Waals surface area contributed by atoms with Crippen LogP contribution < -0.4 is 10.1 Å². The van der Waals surface area contributed by atoms with Gasteiger partial charge in [-0.15, -0.1) is 0 Å². The lowest BCUT2D eigenvalue weighted by molar-refractivity contribution is -0.113. The molecule has 2 aromatic carbocycles. The number of benzene rings is 2. The van der Waals surface area contributed by atoms with Crippen molar-refractivity contribution in [3.63, 3.8) is 0 Å². The van der Waals surface area contributed by atoms with E-state index in [0.717, 1.165) is 4.70 Å². The van der Waals surface area contributed by atoms with Gasteiger partial charge < -0.3 is 10.1 Å². The number of nitrogens with zero attached hydrogens (tertiary/aromatic N) is 1. The molecule has 1 amide bonds. The number of ether oxygens (including phenoxy) is 1. The lowest BCUT2D eigenvalue weighted by atomic mass is 10.3. The highest BCUT2D eigenvalue weighted by atomic mass is 35.5. The van der Waals surface area contributed by atoms with Crippen LogP contribution in [0.1, 0.15) is 0 Å². The Morgan fingerprint density at radius 1 is 1.24 bits per heavy atom. The van der Waals surface area contributed by atoms with Gasteiger partial charge in [0.2, 0.25) is 5.91 Å². The molecule has 0 unspecified atom stereocenters. The van der Waals surface area contributed by atoms with E-state index >= 15 is 0 Å². The Labute approximate surface area is 153 Å². The smallest absolute Gasteiger partial charge is 0.241 e. The van der Waals surface area contributed by atoms with Gasteiger partial charge in [-0.25, -0.2) is 13.4 Å². The van der Waals surface area contributed by atoms with Gasteiger partial charge in [-0.2, -0.15) is 0 Å². The Morgan fingerprint density at radius 2 is 1.96 bits per heavy atom. The van der Waals surface area contributed by atoms with Crippen molar-refractivity contribution in [3.8, 4) is 5.75 Å². The third kappa shape index (κ3) is 4.09. The van der Waals surface area contributed by atoms with Crippen LogP contribution >= 0.6 is 22.9 Å². The molecule has 0 fully saturated rings. The van der Waals surface area contributed by atoms with Gasteiger partial charge in [0.1, 0.15) is 11.5 Å². The number of aromatic nitrogens is 1. The minimum atomic E-state index is -3.75. The summed E-state index contributed by atoms with van der Waals surface area (Å²) in [5, 5.41) is 3.29. The number of nitrogens with one attached hydrogen (secondary N) is 1.